The van der Waals surface area contributed by atoms with E-state index in [1.807, 2.05) is 0 Å². The largest absolute Gasteiger partial charge is 0.372 e. The molecule has 0 aromatic heterocycles. The Bertz CT molecular complexity index is 335. The van der Waals surface area contributed by atoms with Crippen molar-refractivity contribution in [3.8, 4) is 0 Å². The van der Waals surface area contributed by atoms with Gasteiger partial charge in [-0.1, -0.05) is 24.3 Å². The molecule has 1 nitrogen and oxygen atoms in total. The lowest BCUT2D eigenvalue weighted by Gasteiger charge is -2.24. The van der Waals surface area contributed by atoms with Gasteiger partial charge in [-0.25, -0.2) is 0 Å². The summed E-state index contributed by atoms with van der Waals surface area (Å²) in [5, 5.41) is 0. The van der Waals surface area contributed by atoms with Gasteiger partial charge in [-0.2, -0.15) is 0 Å². The summed E-state index contributed by atoms with van der Waals surface area (Å²) in [5.41, 5.74) is 4.04. The van der Waals surface area contributed by atoms with Crippen molar-refractivity contribution in [2.45, 2.75) is 27.7 Å². The van der Waals surface area contributed by atoms with Gasteiger partial charge in [-0.3, -0.25) is 0 Å². The first-order valence-electron chi connectivity index (χ1n) is 5.71. The van der Waals surface area contributed by atoms with E-state index in [0.29, 0.717) is 0 Å². The summed E-state index contributed by atoms with van der Waals surface area (Å²) in [6, 6.07) is 6.51. The summed E-state index contributed by atoms with van der Waals surface area (Å²) in [6.45, 7) is 10.8. The molecule has 0 spiro atoms. The van der Waals surface area contributed by atoms with Gasteiger partial charge >= 0.3 is 0 Å². The highest BCUT2D eigenvalue weighted by Gasteiger charge is 2.07. The van der Waals surface area contributed by atoms with Gasteiger partial charge in [0.2, 0.25) is 0 Å². The van der Waals surface area contributed by atoms with Gasteiger partial charge in [-0.05, 0) is 39.3 Å². The van der Waals surface area contributed by atoms with E-state index in [1.54, 1.807) is 0 Å². The topological polar surface area (TPSA) is 3.24 Å². The second kappa shape index (κ2) is 5.59. The first kappa shape index (κ1) is 11.8. The summed E-state index contributed by atoms with van der Waals surface area (Å²) < 4.78 is 0. The zero-order chi connectivity index (χ0) is 11.3. The van der Waals surface area contributed by atoms with Gasteiger partial charge in [0.25, 0.3) is 0 Å². The van der Waals surface area contributed by atoms with Crippen LogP contribution >= 0.6 is 0 Å². The minimum absolute atomic E-state index is 1.06. The van der Waals surface area contributed by atoms with Gasteiger partial charge in [0.15, 0.2) is 0 Å². The van der Waals surface area contributed by atoms with Crippen molar-refractivity contribution >= 4 is 11.8 Å². The second-order valence-electron chi connectivity index (χ2n) is 3.68. The standard InChI is InChI=1S/C14H21N/c1-5-9-13-12(4)10-8-11-14(13)15(6-2)7-3/h5,8-11H,6-7H2,1-4H3/b9-5-. The van der Waals surface area contributed by atoms with E-state index >= 15 is 0 Å². The smallest absolute Gasteiger partial charge is 0.0442 e. The highest BCUT2D eigenvalue weighted by molar-refractivity contribution is 5.70. The van der Waals surface area contributed by atoms with Crippen LogP contribution in [0.5, 0.6) is 0 Å². The predicted octanol–water partition coefficient (Wildman–Crippen LogP) is 3.87. The molecule has 0 fully saturated rings. The van der Waals surface area contributed by atoms with Crippen LogP contribution in [0.25, 0.3) is 6.08 Å². The van der Waals surface area contributed by atoms with E-state index in [9.17, 15) is 0 Å². The maximum absolute atomic E-state index is 2.39. The summed E-state index contributed by atoms with van der Waals surface area (Å²) in [4.78, 5) is 2.39. The van der Waals surface area contributed by atoms with E-state index < -0.39 is 0 Å². The Morgan fingerprint density at radius 2 is 1.87 bits per heavy atom. The fraction of sp³-hybridized carbons (Fsp3) is 0.429. The summed E-state index contributed by atoms with van der Waals surface area (Å²) in [6.07, 6.45) is 4.30. The number of benzene rings is 1. The van der Waals surface area contributed by atoms with Crippen molar-refractivity contribution < 1.29 is 0 Å². The molecule has 0 aliphatic heterocycles. The van der Waals surface area contributed by atoms with Crippen LogP contribution in [-0.2, 0) is 0 Å². The fourth-order valence-corrected chi connectivity index (χ4v) is 1.89. The Hall–Kier alpha value is -1.24. The number of aryl methyl sites for hydroxylation is 1. The molecule has 0 saturated carbocycles. The van der Waals surface area contributed by atoms with Gasteiger partial charge in [0.1, 0.15) is 0 Å². The number of anilines is 1. The minimum atomic E-state index is 1.06. The number of hydrogen-bond donors (Lipinski definition) is 0. The maximum Gasteiger partial charge on any atom is 0.0442 e. The van der Waals surface area contributed by atoms with E-state index in [4.69, 9.17) is 0 Å². The third-order valence-corrected chi connectivity index (χ3v) is 2.74. The zero-order valence-corrected chi connectivity index (χ0v) is 10.2. The molecule has 0 radical (unpaired) electrons. The van der Waals surface area contributed by atoms with Gasteiger partial charge in [0.05, 0.1) is 0 Å². The molecule has 0 atom stereocenters. The van der Waals surface area contributed by atoms with Crippen molar-refractivity contribution in [1.29, 1.82) is 0 Å². The molecule has 1 aromatic rings. The minimum Gasteiger partial charge on any atom is -0.372 e. The molecule has 0 saturated heterocycles. The summed E-state index contributed by atoms with van der Waals surface area (Å²) in [7, 11) is 0. The third kappa shape index (κ3) is 2.62. The number of allylic oxidation sites excluding steroid dienone is 1. The Morgan fingerprint density at radius 1 is 1.20 bits per heavy atom. The van der Waals surface area contributed by atoms with Crippen LogP contribution in [0.4, 0.5) is 5.69 Å². The van der Waals surface area contributed by atoms with Crippen molar-refractivity contribution in [3.63, 3.8) is 0 Å². The van der Waals surface area contributed by atoms with Crippen molar-refractivity contribution in [2.24, 2.45) is 0 Å². The van der Waals surface area contributed by atoms with Crippen molar-refractivity contribution in [3.05, 3.63) is 35.4 Å². The molecule has 0 amide bonds. The fourth-order valence-electron chi connectivity index (χ4n) is 1.89. The van der Waals surface area contributed by atoms with E-state index in [1.165, 1.54) is 16.8 Å². The van der Waals surface area contributed by atoms with Gasteiger partial charge in [-0.15, -0.1) is 0 Å². The van der Waals surface area contributed by atoms with E-state index in [0.717, 1.165) is 13.1 Å². The molecule has 82 valence electrons. The predicted molar refractivity (Wildman–Crippen MR) is 69.4 cm³/mol. The molecule has 0 bridgehead atoms. The van der Waals surface area contributed by atoms with Crippen LogP contribution < -0.4 is 4.90 Å². The third-order valence-electron chi connectivity index (χ3n) is 2.74. The number of nitrogens with zero attached hydrogens (tertiary/aromatic N) is 1. The number of rotatable bonds is 4. The monoisotopic (exact) mass is 203 g/mol. The maximum atomic E-state index is 2.39. The molecule has 1 aromatic carbocycles. The van der Waals surface area contributed by atoms with Crippen LogP contribution in [0.3, 0.4) is 0 Å². The van der Waals surface area contributed by atoms with Crippen LogP contribution in [-0.4, -0.2) is 13.1 Å². The highest BCUT2D eigenvalue weighted by Crippen LogP contribution is 2.24. The highest BCUT2D eigenvalue weighted by atomic mass is 15.1. The van der Waals surface area contributed by atoms with Crippen LogP contribution in [0.15, 0.2) is 24.3 Å². The molecule has 15 heavy (non-hydrogen) atoms. The SMILES string of the molecule is C/C=C\c1c(C)cccc1N(CC)CC. The van der Waals surface area contributed by atoms with Crippen LogP contribution in [0.2, 0.25) is 0 Å². The van der Waals surface area contributed by atoms with E-state index in [2.05, 4.69) is 62.9 Å². The lowest BCUT2D eigenvalue weighted by molar-refractivity contribution is 0.864. The van der Waals surface area contributed by atoms with Crippen molar-refractivity contribution in [1.82, 2.24) is 0 Å². The van der Waals surface area contributed by atoms with Gasteiger partial charge < -0.3 is 4.90 Å². The molecular formula is C14H21N. The lowest BCUT2D eigenvalue weighted by Crippen LogP contribution is -2.22. The average Bonchev–Trinajstić information content (AvgIpc) is 2.24. The normalized spacial score (nSPS) is 10.9. The Balaban J connectivity index is 3.20. The van der Waals surface area contributed by atoms with Crippen LogP contribution in [0.1, 0.15) is 31.9 Å². The first-order valence-corrected chi connectivity index (χ1v) is 5.71. The summed E-state index contributed by atoms with van der Waals surface area (Å²) >= 11 is 0. The lowest BCUT2D eigenvalue weighted by atomic mass is 10.0. The molecule has 0 unspecified atom stereocenters. The molecule has 0 aliphatic rings. The van der Waals surface area contributed by atoms with Crippen LogP contribution in [0, 0.1) is 6.92 Å². The number of hydrogen-bond acceptors (Lipinski definition) is 1. The Morgan fingerprint density at radius 3 is 2.40 bits per heavy atom. The molecule has 0 N–H and O–H groups in total. The van der Waals surface area contributed by atoms with Gasteiger partial charge in [0, 0.05) is 24.3 Å². The molecule has 0 aliphatic carbocycles. The molecule has 0 heterocycles. The first-order chi connectivity index (χ1) is 7.24. The van der Waals surface area contributed by atoms with Crippen molar-refractivity contribution in [2.75, 3.05) is 18.0 Å². The van der Waals surface area contributed by atoms with E-state index in [-0.39, 0.29) is 0 Å². The quantitative estimate of drug-likeness (QED) is 0.718. The molecule has 1 rings (SSSR count). The average molecular weight is 203 g/mol. The molecular weight excluding hydrogens is 182 g/mol. The summed E-state index contributed by atoms with van der Waals surface area (Å²) in [5.74, 6) is 0. The Labute approximate surface area is 93.4 Å². The zero-order valence-electron chi connectivity index (χ0n) is 10.2. The Kier molecular flexibility index (Phi) is 4.41. The molecule has 1 heteroatoms. The second-order valence-corrected chi connectivity index (χ2v) is 3.68.